The number of allylic oxidation sites excluding steroid dienone is 10. The van der Waals surface area contributed by atoms with E-state index in [2.05, 4.69) is 79.9 Å². The van der Waals surface area contributed by atoms with E-state index in [-0.39, 0.29) is 19.1 Å². The first kappa shape index (κ1) is 52.2. The molecule has 0 saturated carbocycles. The third kappa shape index (κ3) is 38.5. The molecular weight excluding hydrogens is 695 g/mol. The summed E-state index contributed by atoms with van der Waals surface area (Å²) in [4.78, 5) is 23.0. The number of nitrogens with one attached hydrogen (secondary N) is 1. The molecule has 0 bridgehead atoms. The second-order valence-corrected chi connectivity index (χ2v) is 17.1. The highest BCUT2D eigenvalue weighted by molar-refractivity contribution is 7.47. The van der Waals surface area contributed by atoms with Gasteiger partial charge >= 0.3 is 7.82 Å². The maximum absolute atomic E-state index is 12.8. The Morgan fingerprint density at radius 2 is 1.11 bits per heavy atom. The molecule has 0 rings (SSSR count). The molecule has 0 aliphatic carbocycles. The van der Waals surface area contributed by atoms with Crippen LogP contribution in [0.15, 0.2) is 60.8 Å². The highest BCUT2D eigenvalue weighted by Crippen LogP contribution is 2.43. The number of phosphoric acid groups is 1. The Morgan fingerprint density at radius 1 is 0.648 bits per heavy atom. The lowest BCUT2D eigenvalue weighted by Crippen LogP contribution is -2.46. The predicted octanol–water partition coefficient (Wildman–Crippen LogP) is 11.9. The smallest absolute Gasteiger partial charge is 0.391 e. The van der Waals surface area contributed by atoms with Crippen LogP contribution in [0, 0.1) is 0 Å². The van der Waals surface area contributed by atoms with Gasteiger partial charge in [0.1, 0.15) is 13.2 Å². The Morgan fingerprint density at radius 3 is 1.63 bits per heavy atom. The number of quaternary nitrogens is 1. The Bertz CT molecular complexity index is 1060. The Kier molecular flexibility index (Phi) is 35.6. The molecule has 0 heterocycles. The molecule has 3 atom stereocenters. The zero-order valence-corrected chi connectivity index (χ0v) is 36.3. The lowest BCUT2D eigenvalue weighted by Gasteiger charge is -2.26. The molecule has 314 valence electrons. The van der Waals surface area contributed by atoms with Gasteiger partial charge in [0.2, 0.25) is 5.91 Å². The first-order valence-corrected chi connectivity index (χ1v) is 23.1. The van der Waals surface area contributed by atoms with Crippen molar-refractivity contribution in [3.8, 4) is 0 Å². The maximum Gasteiger partial charge on any atom is 0.472 e. The minimum Gasteiger partial charge on any atom is -0.391 e. The lowest BCUT2D eigenvalue weighted by atomic mass is 10.0. The summed E-state index contributed by atoms with van der Waals surface area (Å²) in [7, 11) is 1.60. The van der Waals surface area contributed by atoms with Crippen LogP contribution in [0.3, 0.4) is 0 Å². The van der Waals surface area contributed by atoms with Gasteiger partial charge < -0.3 is 19.8 Å². The number of phosphoric ester groups is 1. The van der Waals surface area contributed by atoms with Crippen LogP contribution in [0.2, 0.25) is 0 Å². The number of aliphatic hydroxyl groups excluding tert-OH is 1. The molecule has 0 radical (unpaired) electrons. The molecule has 3 N–H and O–H groups in total. The summed E-state index contributed by atoms with van der Waals surface area (Å²) in [6.45, 7) is 4.70. The van der Waals surface area contributed by atoms with E-state index in [1.54, 1.807) is 0 Å². The molecule has 0 spiro atoms. The summed E-state index contributed by atoms with van der Waals surface area (Å²) in [6.07, 6.45) is 47.0. The van der Waals surface area contributed by atoms with E-state index < -0.39 is 20.0 Å². The molecule has 3 unspecified atom stereocenters. The van der Waals surface area contributed by atoms with Crippen molar-refractivity contribution in [3.05, 3.63) is 60.8 Å². The molecule has 0 saturated heterocycles. The minimum atomic E-state index is -4.31. The van der Waals surface area contributed by atoms with Gasteiger partial charge in [0, 0.05) is 6.42 Å². The van der Waals surface area contributed by atoms with Crippen molar-refractivity contribution in [2.24, 2.45) is 0 Å². The van der Waals surface area contributed by atoms with Gasteiger partial charge in [0.05, 0.1) is 39.9 Å². The summed E-state index contributed by atoms with van der Waals surface area (Å²) >= 11 is 0. The third-order valence-corrected chi connectivity index (χ3v) is 10.3. The van der Waals surface area contributed by atoms with Gasteiger partial charge in [-0.1, -0.05) is 164 Å². The first-order chi connectivity index (χ1) is 26.0. The van der Waals surface area contributed by atoms with Gasteiger partial charge in [-0.15, -0.1) is 0 Å². The van der Waals surface area contributed by atoms with E-state index in [1.165, 1.54) is 64.2 Å². The largest absolute Gasteiger partial charge is 0.472 e. The molecule has 0 aliphatic rings. The molecule has 54 heavy (non-hydrogen) atoms. The number of hydrogen-bond acceptors (Lipinski definition) is 5. The number of nitrogens with zero attached hydrogens (tertiary/aromatic N) is 1. The van der Waals surface area contributed by atoms with Crippen LogP contribution in [0.25, 0.3) is 0 Å². The number of unbranched alkanes of at least 4 members (excludes halogenated alkanes) is 15. The quantitative estimate of drug-likeness (QED) is 0.0249. The predicted molar refractivity (Wildman–Crippen MR) is 230 cm³/mol. The number of aliphatic hydroxyl groups is 1. The molecular formula is C45H84N2O6P+. The van der Waals surface area contributed by atoms with Gasteiger partial charge in [-0.2, -0.15) is 0 Å². The molecule has 0 aromatic rings. The van der Waals surface area contributed by atoms with Gasteiger partial charge in [0.15, 0.2) is 0 Å². The highest BCUT2D eigenvalue weighted by atomic mass is 31.2. The Labute approximate surface area is 332 Å². The van der Waals surface area contributed by atoms with Crippen LogP contribution in [-0.4, -0.2) is 73.4 Å². The van der Waals surface area contributed by atoms with Crippen LogP contribution in [0.5, 0.6) is 0 Å². The molecule has 9 heteroatoms. The van der Waals surface area contributed by atoms with E-state index in [4.69, 9.17) is 9.05 Å². The summed E-state index contributed by atoms with van der Waals surface area (Å²) < 4.78 is 23.5. The van der Waals surface area contributed by atoms with Crippen molar-refractivity contribution in [1.29, 1.82) is 0 Å². The Hall–Kier alpha value is -1.80. The van der Waals surface area contributed by atoms with Crippen molar-refractivity contribution in [2.45, 2.75) is 180 Å². The van der Waals surface area contributed by atoms with Gasteiger partial charge in [0.25, 0.3) is 0 Å². The fourth-order valence-corrected chi connectivity index (χ4v) is 6.57. The number of amides is 1. The maximum atomic E-state index is 12.8. The van der Waals surface area contributed by atoms with Crippen molar-refractivity contribution >= 4 is 13.7 Å². The lowest BCUT2D eigenvalue weighted by molar-refractivity contribution is -0.870. The zero-order valence-electron chi connectivity index (χ0n) is 35.4. The summed E-state index contributed by atoms with van der Waals surface area (Å²) in [5, 5.41) is 13.8. The van der Waals surface area contributed by atoms with Crippen molar-refractivity contribution in [2.75, 3.05) is 40.9 Å². The van der Waals surface area contributed by atoms with Gasteiger partial charge in [-0.3, -0.25) is 13.8 Å². The minimum absolute atomic E-state index is 0.0701. The average Bonchev–Trinajstić information content (AvgIpc) is 3.12. The summed E-state index contributed by atoms with van der Waals surface area (Å²) in [6, 6.07) is -0.763. The summed E-state index contributed by atoms with van der Waals surface area (Å²) in [5.74, 6) is -0.159. The first-order valence-electron chi connectivity index (χ1n) is 21.7. The topological polar surface area (TPSA) is 105 Å². The van der Waals surface area contributed by atoms with Crippen molar-refractivity contribution in [1.82, 2.24) is 5.32 Å². The SMILES string of the molecule is CC/C=C\C/C=C\C/C=C\C/C=C\C/C=C\CCCCCCCCCCCC(=O)NC(COP(=O)(O)OCC[N+](C)(C)C)C(O)CCCCCCCCC. The number of rotatable bonds is 38. The van der Waals surface area contributed by atoms with E-state index in [0.717, 1.165) is 77.0 Å². The van der Waals surface area contributed by atoms with Crippen LogP contribution in [0.4, 0.5) is 0 Å². The van der Waals surface area contributed by atoms with Crippen molar-refractivity contribution in [3.63, 3.8) is 0 Å². The van der Waals surface area contributed by atoms with Gasteiger partial charge in [-0.25, -0.2) is 4.57 Å². The monoisotopic (exact) mass is 780 g/mol. The zero-order chi connectivity index (χ0) is 40.0. The van der Waals surface area contributed by atoms with Crippen molar-refractivity contribution < 1.29 is 32.9 Å². The molecule has 0 fully saturated rings. The molecule has 0 aromatic heterocycles. The number of carbonyl (C=O) groups is 1. The second kappa shape index (κ2) is 36.8. The molecule has 0 aliphatic heterocycles. The fourth-order valence-electron chi connectivity index (χ4n) is 5.84. The number of likely N-dealkylation sites (N-methyl/N-ethyl adjacent to an activating group) is 1. The fraction of sp³-hybridized carbons (Fsp3) is 0.756. The van der Waals surface area contributed by atoms with E-state index in [9.17, 15) is 19.4 Å². The van der Waals surface area contributed by atoms with E-state index >= 15 is 0 Å². The number of carbonyl (C=O) groups excluding carboxylic acids is 1. The molecule has 1 amide bonds. The number of hydrogen-bond donors (Lipinski definition) is 3. The molecule has 0 aromatic carbocycles. The normalized spacial score (nSPS) is 15.0. The van der Waals surface area contributed by atoms with Gasteiger partial charge in [-0.05, 0) is 57.8 Å². The van der Waals surface area contributed by atoms with Crippen LogP contribution >= 0.6 is 7.82 Å². The summed E-state index contributed by atoms with van der Waals surface area (Å²) in [5.41, 5.74) is 0. The third-order valence-electron chi connectivity index (χ3n) is 9.28. The van der Waals surface area contributed by atoms with E-state index in [0.29, 0.717) is 23.9 Å². The molecule has 8 nitrogen and oxygen atoms in total. The Balaban J connectivity index is 4.16. The average molecular weight is 780 g/mol. The van der Waals surface area contributed by atoms with E-state index in [1.807, 2.05) is 21.1 Å². The van der Waals surface area contributed by atoms with Crippen LogP contribution in [0.1, 0.15) is 168 Å². The van der Waals surface area contributed by atoms with Crippen LogP contribution < -0.4 is 5.32 Å². The standard InChI is InChI=1S/C45H83N2O6P/c1-6-8-10-12-14-15-16-17-18-19-20-21-22-23-24-25-26-27-28-29-30-31-33-35-37-39-45(49)46-43(44(48)38-36-34-32-13-11-9-7-2)42-53-54(50,51)52-41-40-47(3,4)5/h8,10,14-15,17-18,20-21,23-24,43-44,48H,6-7,9,11-13,16,19,22,25-42H2,1-5H3,(H-,46,49,50,51)/p+1/b10-8-,15-14-,18-17-,21-20-,24-23-. The highest BCUT2D eigenvalue weighted by Gasteiger charge is 2.28. The second-order valence-electron chi connectivity index (χ2n) is 15.7. The van der Waals surface area contributed by atoms with Crippen LogP contribution in [-0.2, 0) is 18.4 Å².